The molecule has 242 valence electrons. The van der Waals surface area contributed by atoms with Gasteiger partial charge in [-0.3, -0.25) is 24.1 Å². The van der Waals surface area contributed by atoms with Crippen LogP contribution in [0.5, 0.6) is 0 Å². The summed E-state index contributed by atoms with van der Waals surface area (Å²) in [4.78, 5) is 67.0. The van der Waals surface area contributed by atoms with Crippen LogP contribution >= 0.6 is 0 Å². The largest absolute Gasteiger partial charge is 0.465 e. The van der Waals surface area contributed by atoms with E-state index in [1.54, 1.807) is 12.1 Å². The number of hydrogen-bond donors (Lipinski definition) is 5. The number of carbonyl (C=O) groups is 5. The fourth-order valence-corrected chi connectivity index (χ4v) is 5.39. The summed E-state index contributed by atoms with van der Waals surface area (Å²) in [6.45, 7) is 2.02. The first kappa shape index (κ1) is 33.3. The van der Waals surface area contributed by atoms with Crippen LogP contribution in [0.2, 0.25) is 0 Å². The maximum atomic E-state index is 14.5. The Labute approximate surface area is 258 Å². The zero-order valence-electron chi connectivity index (χ0n) is 24.8. The van der Waals surface area contributed by atoms with E-state index in [4.69, 9.17) is 10.5 Å². The summed E-state index contributed by atoms with van der Waals surface area (Å²) in [5.74, 6) is -5.13. The van der Waals surface area contributed by atoms with E-state index in [1.807, 2.05) is 0 Å². The Hall–Kier alpha value is -4.63. The lowest BCUT2D eigenvalue weighted by molar-refractivity contribution is -0.144. The van der Waals surface area contributed by atoms with Crippen molar-refractivity contribution in [2.45, 2.75) is 50.9 Å². The Kier molecular flexibility index (Phi) is 10.7. The minimum absolute atomic E-state index is 0.0418. The molecular formula is C30H36F2N6O7. The minimum Gasteiger partial charge on any atom is -0.465 e. The van der Waals surface area contributed by atoms with Crippen molar-refractivity contribution in [1.29, 1.82) is 0 Å². The third kappa shape index (κ3) is 7.54. The fourth-order valence-electron chi connectivity index (χ4n) is 5.39. The lowest BCUT2D eigenvalue weighted by atomic mass is 9.90. The fraction of sp³-hybridized carbons (Fsp3) is 0.433. The van der Waals surface area contributed by atoms with E-state index in [9.17, 15) is 37.9 Å². The molecule has 0 radical (unpaired) electrons. The molecular weight excluding hydrogens is 594 g/mol. The SMILES string of the molecule is CC(C(=O)NC(C(=O)N1Cc2ccc(NC(=O)CCN)cc2[C@H]1C(=O)Nc1c(F)cccc1F)C1CCOCC1)N(C)C(=O)O. The number of carbonyl (C=O) groups excluding carboxylic acids is 4. The van der Waals surface area contributed by atoms with Crippen molar-refractivity contribution in [3.8, 4) is 0 Å². The third-order valence-electron chi connectivity index (χ3n) is 8.05. The van der Waals surface area contributed by atoms with E-state index >= 15 is 0 Å². The zero-order valence-corrected chi connectivity index (χ0v) is 24.8. The highest BCUT2D eigenvalue weighted by Crippen LogP contribution is 2.38. The Bertz CT molecular complexity index is 1450. The number of ether oxygens (including phenoxy) is 1. The maximum absolute atomic E-state index is 14.5. The average Bonchev–Trinajstić information content (AvgIpc) is 3.40. The van der Waals surface area contributed by atoms with Crippen molar-refractivity contribution in [3.63, 3.8) is 0 Å². The Morgan fingerprint density at radius 2 is 1.76 bits per heavy atom. The van der Waals surface area contributed by atoms with Gasteiger partial charge in [0.25, 0.3) is 5.91 Å². The molecule has 0 spiro atoms. The van der Waals surface area contributed by atoms with Gasteiger partial charge in [-0.2, -0.15) is 0 Å². The molecule has 6 N–H and O–H groups in total. The van der Waals surface area contributed by atoms with E-state index in [0.717, 1.165) is 23.1 Å². The second-order valence-corrected chi connectivity index (χ2v) is 11.0. The van der Waals surface area contributed by atoms with Crippen LogP contribution in [-0.4, -0.2) is 83.5 Å². The van der Waals surface area contributed by atoms with Gasteiger partial charge in [-0.1, -0.05) is 12.1 Å². The maximum Gasteiger partial charge on any atom is 0.407 e. The van der Waals surface area contributed by atoms with Gasteiger partial charge in [0.1, 0.15) is 35.4 Å². The summed E-state index contributed by atoms with van der Waals surface area (Å²) in [5, 5.41) is 17.0. The molecule has 0 saturated carbocycles. The second-order valence-electron chi connectivity index (χ2n) is 11.0. The van der Waals surface area contributed by atoms with Gasteiger partial charge >= 0.3 is 6.09 Å². The van der Waals surface area contributed by atoms with Gasteiger partial charge in [0.2, 0.25) is 17.7 Å². The summed E-state index contributed by atoms with van der Waals surface area (Å²) in [6.07, 6.45) is -0.502. The predicted octanol–water partition coefficient (Wildman–Crippen LogP) is 2.18. The molecule has 0 bridgehead atoms. The van der Waals surface area contributed by atoms with Crippen molar-refractivity contribution >= 4 is 41.1 Å². The molecule has 45 heavy (non-hydrogen) atoms. The molecule has 1 saturated heterocycles. The first-order valence-corrected chi connectivity index (χ1v) is 14.4. The van der Waals surface area contributed by atoms with Gasteiger partial charge in [-0.15, -0.1) is 0 Å². The molecule has 0 aliphatic carbocycles. The van der Waals surface area contributed by atoms with Crippen molar-refractivity contribution in [2.24, 2.45) is 11.7 Å². The number of fused-ring (bicyclic) bond motifs is 1. The molecule has 5 amide bonds. The number of nitrogens with two attached hydrogens (primary N) is 1. The van der Waals surface area contributed by atoms with E-state index in [0.29, 0.717) is 42.9 Å². The number of rotatable bonds is 10. The summed E-state index contributed by atoms with van der Waals surface area (Å²) >= 11 is 0. The third-order valence-corrected chi connectivity index (χ3v) is 8.05. The van der Waals surface area contributed by atoms with Crippen molar-refractivity contribution < 1.29 is 42.6 Å². The van der Waals surface area contributed by atoms with Crippen LogP contribution < -0.4 is 21.7 Å². The molecule has 2 aromatic rings. The van der Waals surface area contributed by atoms with Crippen LogP contribution in [0.3, 0.4) is 0 Å². The summed E-state index contributed by atoms with van der Waals surface area (Å²) in [7, 11) is 1.22. The smallest absolute Gasteiger partial charge is 0.407 e. The van der Waals surface area contributed by atoms with Crippen molar-refractivity contribution in [1.82, 2.24) is 15.1 Å². The van der Waals surface area contributed by atoms with E-state index in [-0.39, 0.29) is 25.4 Å². The lowest BCUT2D eigenvalue weighted by Crippen LogP contribution is -2.57. The van der Waals surface area contributed by atoms with Gasteiger partial charge < -0.3 is 36.4 Å². The first-order chi connectivity index (χ1) is 21.4. The molecule has 2 heterocycles. The number of para-hydroxylation sites is 1. The Balaban J connectivity index is 1.72. The minimum atomic E-state index is -1.41. The number of nitrogens with zero attached hydrogens (tertiary/aromatic N) is 2. The van der Waals surface area contributed by atoms with Gasteiger partial charge in [-0.25, -0.2) is 13.6 Å². The molecule has 0 aromatic heterocycles. The molecule has 13 nitrogen and oxygen atoms in total. The Morgan fingerprint density at radius 3 is 2.38 bits per heavy atom. The van der Waals surface area contributed by atoms with Crippen LogP contribution in [0.1, 0.15) is 43.4 Å². The monoisotopic (exact) mass is 630 g/mol. The van der Waals surface area contributed by atoms with Gasteiger partial charge in [0.15, 0.2) is 0 Å². The molecule has 4 rings (SSSR count). The highest BCUT2D eigenvalue weighted by atomic mass is 19.1. The molecule has 2 unspecified atom stereocenters. The van der Waals surface area contributed by atoms with Crippen LogP contribution in [0, 0.1) is 17.6 Å². The molecule has 15 heteroatoms. The standard InChI is InChI=1S/C30H36F2N6O7/c1-16(37(2)30(43)44)27(40)35-24(17-9-12-45-13-10-17)29(42)38-15-18-6-7-19(34-23(39)8-11-33)14-20(18)26(38)28(41)36-25-21(31)4-3-5-22(25)32/h3-7,14,16-17,24,26H,8-13,15,33H2,1-2H3,(H,34,39)(H,35,40)(H,36,41)(H,43,44)/t16?,24?,26-/m0/s1. The second kappa shape index (κ2) is 14.4. The predicted molar refractivity (Wildman–Crippen MR) is 158 cm³/mol. The Morgan fingerprint density at radius 1 is 1.09 bits per heavy atom. The lowest BCUT2D eigenvalue weighted by Gasteiger charge is -2.35. The van der Waals surface area contributed by atoms with Gasteiger partial charge in [-0.05, 0) is 61.1 Å². The topological polar surface area (TPSA) is 183 Å². The highest BCUT2D eigenvalue weighted by Gasteiger charge is 2.44. The zero-order chi connectivity index (χ0) is 32.8. The summed E-state index contributed by atoms with van der Waals surface area (Å²) in [5.41, 5.74) is 5.92. The van der Waals surface area contributed by atoms with Crippen LogP contribution in [-0.2, 0) is 30.5 Å². The number of halogens is 2. The molecule has 2 aliphatic rings. The van der Waals surface area contributed by atoms with E-state index in [1.165, 1.54) is 24.9 Å². The molecule has 3 atom stereocenters. The first-order valence-electron chi connectivity index (χ1n) is 14.4. The van der Waals surface area contributed by atoms with E-state index < -0.39 is 65.2 Å². The number of carboxylic acid groups (broad SMARTS) is 1. The highest BCUT2D eigenvalue weighted by molar-refractivity contribution is 6.01. The van der Waals surface area contributed by atoms with Crippen molar-refractivity contribution in [3.05, 3.63) is 59.2 Å². The molecule has 2 aliphatic heterocycles. The molecule has 1 fully saturated rings. The summed E-state index contributed by atoms with van der Waals surface area (Å²) < 4.78 is 34.5. The number of hydrogen-bond acceptors (Lipinski definition) is 7. The van der Waals surface area contributed by atoms with Crippen LogP contribution in [0.4, 0.5) is 25.0 Å². The van der Waals surface area contributed by atoms with Crippen LogP contribution in [0.25, 0.3) is 0 Å². The number of benzene rings is 2. The van der Waals surface area contributed by atoms with Gasteiger partial charge in [0.05, 0.1) is 0 Å². The number of anilines is 2. The number of likely N-dealkylation sites (N-methyl/N-ethyl adjacent to an activating group) is 1. The van der Waals surface area contributed by atoms with Crippen molar-refractivity contribution in [2.75, 3.05) is 37.4 Å². The number of amides is 5. The number of nitrogens with one attached hydrogen (secondary N) is 3. The quantitative estimate of drug-likeness (QED) is 0.265. The van der Waals surface area contributed by atoms with E-state index in [2.05, 4.69) is 16.0 Å². The summed E-state index contributed by atoms with van der Waals surface area (Å²) in [6, 6.07) is 4.08. The van der Waals surface area contributed by atoms with Gasteiger partial charge in [0, 0.05) is 45.5 Å². The normalized spacial score (nSPS) is 17.5. The average molecular weight is 631 g/mol. The molecule has 2 aromatic carbocycles. The van der Waals surface area contributed by atoms with Crippen LogP contribution in [0.15, 0.2) is 36.4 Å².